The molecule has 0 bridgehead atoms. The van der Waals surface area contributed by atoms with Crippen LogP contribution in [0.15, 0.2) is 0 Å². The summed E-state index contributed by atoms with van der Waals surface area (Å²) in [6.07, 6.45) is 9.74. The topological polar surface area (TPSA) is 72.8 Å². The van der Waals surface area contributed by atoms with Crippen LogP contribution in [-0.4, -0.2) is 36.9 Å². The van der Waals surface area contributed by atoms with Gasteiger partial charge < -0.3 is 14.6 Å². The van der Waals surface area contributed by atoms with Gasteiger partial charge in [0, 0.05) is 6.61 Å². The summed E-state index contributed by atoms with van der Waals surface area (Å²) in [6.45, 7) is 5.91. The monoisotopic (exact) mass is 356 g/mol. The van der Waals surface area contributed by atoms with E-state index in [0.717, 1.165) is 6.61 Å². The van der Waals surface area contributed by atoms with E-state index in [1.54, 1.807) is 0 Å². The highest BCUT2D eigenvalue weighted by Crippen LogP contribution is 2.29. The van der Waals surface area contributed by atoms with Crippen LogP contribution >= 0.6 is 0 Å². The van der Waals surface area contributed by atoms with Crippen molar-refractivity contribution >= 4 is 11.9 Å². The number of hydrogen-bond donors (Lipinski definition) is 1. The van der Waals surface area contributed by atoms with E-state index in [2.05, 4.69) is 13.8 Å². The fraction of sp³-hybridized carbons (Fsp3) is 0.900. The molecule has 0 heterocycles. The smallest absolute Gasteiger partial charge is 0.309 e. The molecule has 0 radical (unpaired) electrons. The lowest BCUT2D eigenvalue weighted by Crippen LogP contribution is -2.27. The van der Waals surface area contributed by atoms with Gasteiger partial charge in [-0.05, 0) is 44.4 Å². The Kier molecular flexibility index (Phi) is 11.5. The maximum atomic E-state index is 12.0. The van der Waals surface area contributed by atoms with E-state index in [1.807, 2.05) is 0 Å². The summed E-state index contributed by atoms with van der Waals surface area (Å²) >= 11 is 0. The normalized spacial score (nSPS) is 21.7. The van der Waals surface area contributed by atoms with Gasteiger partial charge in [0.05, 0.1) is 18.4 Å². The lowest BCUT2D eigenvalue weighted by molar-refractivity contribution is -0.154. The SMILES string of the molecule is CCCCCC(CCC)COCCOC(=O)C1CCC(C(=O)O)CC1. The van der Waals surface area contributed by atoms with Crippen LogP contribution in [0.1, 0.15) is 78.1 Å². The van der Waals surface area contributed by atoms with Crippen LogP contribution in [0.5, 0.6) is 0 Å². The summed E-state index contributed by atoms with van der Waals surface area (Å²) in [7, 11) is 0. The standard InChI is InChI=1S/C20H36O5/c1-3-5-6-8-16(7-4-2)15-24-13-14-25-20(23)18-11-9-17(10-12-18)19(21)22/h16-18H,3-15H2,1-2H3,(H,21,22). The highest BCUT2D eigenvalue weighted by atomic mass is 16.6. The van der Waals surface area contributed by atoms with E-state index < -0.39 is 5.97 Å². The van der Waals surface area contributed by atoms with Crippen molar-refractivity contribution in [1.29, 1.82) is 0 Å². The van der Waals surface area contributed by atoms with Gasteiger partial charge in [0.15, 0.2) is 0 Å². The van der Waals surface area contributed by atoms with Crippen molar-refractivity contribution in [3.05, 3.63) is 0 Å². The van der Waals surface area contributed by atoms with Crippen LogP contribution in [0.3, 0.4) is 0 Å². The molecule has 0 aromatic carbocycles. The van der Waals surface area contributed by atoms with E-state index in [4.69, 9.17) is 14.6 Å². The second-order valence-electron chi connectivity index (χ2n) is 7.28. The first-order chi connectivity index (χ1) is 12.1. The molecule has 1 aliphatic rings. The van der Waals surface area contributed by atoms with Gasteiger partial charge in [-0.1, -0.05) is 39.5 Å². The average Bonchev–Trinajstić information content (AvgIpc) is 2.61. The van der Waals surface area contributed by atoms with Crippen molar-refractivity contribution in [3.63, 3.8) is 0 Å². The molecule has 5 nitrogen and oxygen atoms in total. The third kappa shape index (κ3) is 9.24. The van der Waals surface area contributed by atoms with Crippen LogP contribution < -0.4 is 0 Å². The van der Waals surface area contributed by atoms with E-state index in [1.165, 1.54) is 38.5 Å². The fourth-order valence-corrected chi connectivity index (χ4v) is 3.55. The van der Waals surface area contributed by atoms with Crippen molar-refractivity contribution < 1.29 is 24.2 Å². The number of aliphatic carboxylic acids is 1. The van der Waals surface area contributed by atoms with Crippen molar-refractivity contribution in [2.45, 2.75) is 78.1 Å². The van der Waals surface area contributed by atoms with Gasteiger partial charge in [0.2, 0.25) is 0 Å². The molecule has 0 aliphatic heterocycles. The largest absolute Gasteiger partial charge is 0.481 e. The molecule has 25 heavy (non-hydrogen) atoms. The molecule has 0 saturated heterocycles. The summed E-state index contributed by atoms with van der Waals surface area (Å²) in [6, 6.07) is 0. The first kappa shape index (κ1) is 21.9. The number of carbonyl (C=O) groups is 2. The second-order valence-corrected chi connectivity index (χ2v) is 7.28. The predicted molar refractivity (Wildman–Crippen MR) is 97.4 cm³/mol. The number of carbonyl (C=O) groups excluding carboxylic acids is 1. The maximum absolute atomic E-state index is 12.0. The molecule has 5 heteroatoms. The molecule has 0 spiro atoms. The average molecular weight is 357 g/mol. The number of hydrogen-bond acceptors (Lipinski definition) is 4. The van der Waals surface area contributed by atoms with Crippen molar-refractivity contribution in [2.24, 2.45) is 17.8 Å². The minimum Gasteiger partial charge on any atom is -0.481 e. The minimum absolute atomic E-state index is 0.141. The Bertz CT molecular complexity index is 374. The zero-order chi connectivity index (χ0) is 18.5. The van der Waals surface area contributed by atoms with Gasteiger partial charge in [-0.25, -0.2) is 0 Å². The van der Waals surface area contributed by atoms with Crippen molar-refractivity contribution in [1.82, 2.24) is 0 Å². The van der Waals surface area contributed by atoms with E-state index in [-0.39, 0.29) is 17.8 Å². The van der Waals surface area contributed by atoms with Crippen LogP contribution in [-0.2, 0) is 19.1 Å². The zero-order valence-corrected chi connectivity index (χ0v) is 16.0. The molecule has 1 fully saturated rings. The van der Waals surface area contributed by atoms with Gasteiger partial charge in [0.1, 0.15) is 6.61 Å². The number of carboxylic acids is 1. The molecule has 146 valence electrons. The van der Waals surface area contributed by atoms with Crippen LogP contribution in [0.2, 0.25) is 0 Å². The predicted octanol–water partition coefficient (Wildman–Crippen LogP) is 4.43. The number of unbranched alkanes of at least 4 members (excludes halogenated alkanes) is 2. The van der Waals surface area contributed by atoms with Crippen LogP contribution in [0.25, 0.3) is 0 Å². The van der Waals surface area contributed by atoms with Crippen LogP contribution in [0, 0.1) is 17.8 Å². The Balaban J connectivity index is 2.11. The number of ether oxygens (including phenoxy) is 2. The summed E-state index contributed by atoms with van der Waals surface area (Å²) in [5, 5.41) is 8.98. The Labute approximate surface area is 152 Å². The zero-order valence-electron chi connectivity index (χ0n) is 16.0. The third-order valence-corrected chi connectivity index (χ3v) is 5.15. The molecule has 0 aromatic rings. The highest BCUT2D eigenvalue weighted by molar-refractivity contribution is 5.74. The quantitative estimate of drug-likeness (QED) is 0.390. The van der Waals surface area contributed by atoms with Gasteiger partial charge in [-0.2, -0.15) is 0 Å². The highest BCUT2D eigenvalue weighted by Gasteiger charge is 2.30. The Hall–Kier alpha value is -1.10. The van der Waals surface area contributed by atoms with Gasteiger partial charge >= 0.3 is 11.9 Å². The molecule has 1 atom stereocenters. The first-order valence-electron chi connectivity index (χ1n) is 10.1. The van der Waals surface area contributed by atoms with E-state index >= 15 is 0 Å². The molecule has 1 N–H and O–H groups in total. The van der Waals surface area contributed by atoms with Crippen molar-refractivity contribution in [3.8, 4) is 0 Å². The fourth-order valence-electron chi connectivity index (χ4n) is 3.55. The molecule has 0 aromatic heterocycles. The first-order valence-corrected chi connectivity index (χ1v) is 10.1. The van der Waals surface area contributed by atoms with Crippen molar-refractivity contribution in [2.75, 3.05) is 19.8 Å². The molecular weight excluding hydrogens is 320 g/mol. The summed E-state index contributed by atoms with van der Waals surface area (Å²) in [5.74, 6) is -0.770. The van der Waals surface area contributed by atoms with Crippen LogP contribution in [0.4, 0.5) is 0 Å². The number of carboxylic acid groups (broad SMARTS) is 1. The van der Waals surface area contributed by atoms with Gasteiger partial charge in [0.25, 0.3) is 0 Å². The Morgan fingerprint density at radius 2 is 1.64 bits per heavy atom. The van der Waals surface area contributed by atoms with Gasteiger partial charge in [-0.15, -0.1) is 0 Å². The van der Waals surface area contributed by atoms with E-state index in [9.17, 15) is 9.59 Å². The second kappa shape index (κ2) is 13.2. The Morgan fingerprint density at radius 1 is 0.960 bits per heavy atom. The third-order valence-electron chi connectivity index (χ3n) is 5.15. The molecule has 1 saturated carbocycles. The molecule has 1 rings (SSSR count). The maximum Gasteiger partial charge on any atom is 0.309 e. The molecule has 1 unspecified atom stereocenters. The number of rotatable bonds is 13. The Morgan fingerprint density at radius 3 is 2.24 bits per heavy atom. The van der Waals surface area contributed by atoms with Gasteiger partial charge in [-0.3, -0.25) is 9.59 Å². The summed E-state index contributed by atoms with van der Waals surface area (Å²) < 4.78 is 11.0. The molecule has 0 amide bonds. The summed E-state index contributed by atoms with van der Waals surface area (Å²) in [4.78, 5) is 22.9. The number of esters is 1. The minimum atomic E-state index is -0.749. The summed E-state index contributed by atoms with van der Waals surface area (Å²) in [5.41, 5.74) is 0. The lowest BCUT2D eigenvalue weighted by atomic mass is 9.82. The lowest BCUT2D eigenvalue weighted by Gasteiger charge is -2.24. The van der Waals surface area contributed by atoms with E-state index in [0.29, 0.717) is 44.8 Å². The molecular formula is C20H36O5. The molecule has 1 aliphatic carbocycles.